The molecule has 134 valence electrons. The van der Waals surface area contributed by atoms with Gasteiger partial charge in [0.2, 0.25) is 5.95 Å². The van der Waals surface area contributed by atoms with Gasteiger partial charge in [-0.25, -0.2) is 20.4 Å². The molecule has 9 nitrogen and oxygen atoms in total. The number of aromatic nitrogens is 5. The molecule has 0 aliphatic rings. The molecule has 2 heterocycles. The van der Waals surface area contributed by atoms with Crippen LogP contribution in [0.15, 0.2) is 36.8 Å². The van der Waals surface area contributed by atoms with Crippen LogP contribution in [0.5, 0.6) is 0 Å². The van der Waals surface area contributed by atoms with Gasteiger partial charge in [0, 0.05) is 17.3 Å². The highest BCUT2D eigenvalue weighted by Crippen LogP contribution is 2.22. The van der Waals surface area contributed by atoms with Crippen molar-refractivity contribution in [1.82, 2.24) is 30.0 Å². The van der Waals surface area contributed by atoms with Crippen LogP contribution in [0.25, 0.3) is 11.5 Å². The van der Waals surface area contributed by atoms with Gasteiger partial charge in [-0.2, -0.15) is 4.98 Å². The molecular formula is C17H19N7O2. The average molecular weight is 353 g/mol. The van der Waals surface area contributed by atoms with Gasteiger partial charge in [-0.3, -0.25) is 10.0 Å². The first-order chi connectivity index (χ1) is 12.5. The second kappa shape index (κ2) is 7.28. The summed E-state index contributed by atoms with van der Waals surface area (Å²) in [5.74, 6) is 1.22. The fraction of sp³-hybridized carbons (Fsp3) is 0.235. The molecule has 9 heteroatoms. The lowest BCUT2D eigenvalue weighted by Gasteiger charge is -2.13. The Morgan fingerprint density at radius 3 is 2.54 bits per heavy atom. The average Bonchev–Trinajstić information content (AvgIpc) is 3.04. The number of amides is 1. The van der Waals surface area contributed by atoms with Crippen molar-refractivity contribution in [2.75, 3.05) is 5.32 Å². The summed E-state index contributed by atoms with van der Waals surface area (Å²) < 4.78 is 2.06. The van der Waals surface area contributed by atoms with Gasteiger partial charge >= 0.3 is 0 Å². The Morgan fingerprint density at radius 1 is 1.15 bits per heavy atom. The molecule has 0 saturated heterocycles. The van der Waals surface area contributed by atoms with Gasteiger partial charge in [0.05, 0.1) is 6.20 Å². The molecule has 1 amide bonds. The SMILES string of the molecule is Cc1ncc(-c2ncnc(Nc3ccc(C(=O)NO)cc3)n2)n1C(C)C. The van der Waals surface area contributed by atoms with E-state index in [1.165, 1.54) is 6.33 Å². The minimum absolute atomic E-state index is 0.228. The lowest BCUT2D eigenvalue weighted by molar-refractivity contribution is 0.0706. The zero-order valence-electron chi connectivity index (χ0n) is 14.6. The number of aryl methyl sites for hydroxylation is 1. The molecule has 0 aliphatic heterocycles. The molecule has 0 fully saturated rings. The molecular weight excluding hydrogens is 334 g/mol. The Kier molecular flexibility index (Phi) is 4.90. The fourth-order valence-electron chi connectivity index (χ4n) is 2.65. The Balaban J connectivity index is 1.85. The Morgan fingerprint density at radius 2 is 1.88 bits per heavy atom. The maximum absolute atomic E-state index is 11.4. The Bertz CT molecular complexity index is 919. The lowest BCUT2D eigenvalue weighted by Crippen LogP contribution is -2.18. The standard InChI is InChI=1S/C17H19N7O2/c1-10(2)24-11(3)18-8-14(24)15-19-9-20-17(22-15)21-13-6-4-12(5-7-13)16(25)23-26/h4-10,26H,1-3H3,(H,23,25)(H,19,20,21,22). The molecule has 3 N–H and O–H groups in total. The Labute approximate surface area is 150 Å². The maximum atomic E-state index is 11.4. The number of hydroxylamine groups is 1. The van der Waals surface area contributed by atoms with E-state index in [1.54, 1.807) is 35.9 Å². The second-order valence-corrected chi connectivity index (χ2v) is 5.93. The smallest absolute Gasteiger partial charge is 0.274 e. The van der Waals surface area contributed by atoms with Crippen LogP contribution >= 0.6 is 0 Å². The molecule has 0 unspecified atom stereocenters. The summed E-state index contributed by atoms with van der Waals surface area (Å²) in [6.07, 6.45) is 3.18. The molecule has 0 bridgehead atoms. The third kappa shape index (κ3) is 3.52. The van der Waals surface area contributed by atoms with Crippen molar-refractivity contribution in [3.8, 4) is 11.5 Å². The van der Waals surface area contributed by atoms with E-state index in [1.807, 2.05) is 6.92 Å². The minimum Gasteiger partial charge on any atom is -0.324 e. The third-order valence-corrected chi connectivity index (χ3v) is 3.80. The second-order valence-electron chi connectivity index (χ2n) is 5.93. The van der Waals surface area contributed by atoms with E-state index in [9.17, 15) is 4.79 Å². The molecule has 1 aromatic carbocycles. The number of rotatable bonds is 5. The summed E-state index contributed by atoms with van der Waals surface area (Å²) in [6, 6.07) is 6.76. The highest BCUT2D eigenvalue weighted by molar-refractivity contribution is 5.93. The van der Waals surface area contributed by atoms with Crippen molar-refractivity contribution < 1.29 is 10.0 Å². The summed E-state index contributed by atoms with van der Waals surface area (Å²) >= 11 is 0. The van der Waals surface area contributed by atoms with Gasteiger partial charge in [-0.15, -0.1) is 0 Å². The van der Waals surface area contributed by atoms with Gasteiger partial charge in [-0.05, 0) is 45.0 Å². The first-order valence-corrected chi connectivity index (χ1v) is 8.04. The number of carbonyl (C=O) groups is 1. The molecule has 3 aromatic rings. The van der Waals surface area contributed by atoms with E-state index in [0.29, 0.717) is 23.0 Å². The number of carbonyl (C=O) groups excluding carboxylic acids is 1. The predicted octanol–water partition coefficient (Wildman–Crippen LogP) is 2.49. The van der Waals surface area contributed by atoms with Crippen molar-refractivity contribution in [3.63, 3.8) is 0 Å². The van der Waals surface area contributed by atoms with Crippen LogP contribution in [-0.2, 0) is 0 Å². The van der Waals surface area contributed by atoms with Crippen LogP contribution in [0.4, 0.5) is 11.6 Å². The van der Waals surface area contributed by atoms with Crippen molar-refractivity contribution in [1.29, 1.82) is 0 Å². The number of anilines is 2. The van der Waals surface area contributed by atoms with Crippen LogP contribution in [0, 0.1) is 6.92 Å². The van der Waals surface area contributed by atoms with E-state index in [-0.39, 0.29) is 6.04 Å². The van der Waals surface area contributed by atoms with Gasteiger partial charge in [0.25, 0.3) is 5.91 Å². The first-order valence-electron chi connectivity index (χ1n) is 8.04. The molecule has 0 atom stereocenters. The van der Waals surface area contributed by atoms with Crippen LogP contribution in [0.2, 0.25) is 0 Å². The van der Waals surface area contributed by atoms with E-state index in [2.05, 4.69) is 43.7 Å². The van der Waals surface area contributed by atoms with E-state index in [0.717, 1.165) is 11.5 Å². The topological polar surface area (TPSA) is 118 Å². The summed E-state index contributed by atoms with van der Waals surface area (Å²) in [5.41, 5.74) is 3.45. The largest absolute Gasteiger partial charge is 0.324 e. The number of nitrogens with zero attached hydrogens (tertiary/aromatic N) is 5. The molecule has 0 saturated carbocycles. The van der Waals surface area contributed by atoms with Crippen LogP contribution < -0.4 is 10.8 Å². The van der Waals surface area contributed by atoms with Gasteiger partial charge in [0.1, 0.15) is 17.8 Å². The van der Waals surface area contributed by atoms with Crippen molar-refractivity contribution >= 4 is 17.5 Å². The zero-order valence-corrected chi connectivity index (χ0v) is 14.6. The van der Waals surface area contributed by atoms with E-state index >= 15 is 0 Å². The molecule has 0 spiro atoms. The normalized spacial score (nSPS) is 10.8. The van der Waals surface area contributed by atoms with Gasteiger partial charge in [-0.1, -0.05) is 0 Å². The van der Waals surface area contributed by atoms with E-state index < -0.39 is 5.91 Å². The van der Waals surface area contributed by atoms with Crippen molar-refractivity contribution in [2.24, 2.45) is 0 Å². The highest BCUT2D eigenvalue weighted by Gasteiger charge is 2.14. The summed E-state index contributed by atoms with van der Waals surface area (Å²) in [4.78, 5) is 28.5. The summed E-state index contributed by atoms with van der Waals surface area (Å²) in [7, 11) is 0. The molecule has 0 aliphatic carbocycles. The summed E-state index contributed by atoms with van der Waals surface area (Å²) in [6.45, 7) is 6.08. The van der Waals surface area contributed by atoms with Crippen LogP contribution in [0.1, 0.15) is 36.1 Å². The molecule has 0 radical (unpaired) electrons. The maximum Gasteiger partial charge on any atom is 0.274 e. The quantitative estimate of drug-likeness (QED) is 0.476. The van der Waals surface area contributed by atoms with Crippen molar-refractivity contribution in [3.05, 3.63) is 48.2 Å². The number of benzene rings is 1. The fourth-order valence-corrected chi connectivity index (χ4v) is 2.65. The molecule has 26 heavy (non-hydrogen) atoms. The van der Waals surface area contributed by atoms with E-state index in [4.69, 9.17) is 5.21 Å². The van der Waals surface area contributed by atoms with Crippen LogP contribution in [-0.4, -0.2) is 35.6 Å². The van der Waals surface area contributed by atoms with Gasteiger partial charge < -0.3 is 9.88 Å². The zero-order chi connectivity index (χ0) is 18.7. The monoisotopic (exact) mass is 353 g/mol. The molecule has 2 aromatic heterocycles. The number of hydrogen-bond donors (Lipinski definition) is 3. The summed E-state index contributed by atoms with van der Waals surface area (Å²) in [5, 5.41) is 11.7. The first kappa shape index (κ1) is 17.5. The third-order valence-electron chi connectivity index (χ3n) is 3.80. The Hall–Kier alpha value is -3.33. The minimum atomic E-state index is -0.573. The van der Waals surface area contributed by atoms with Crippen molar-refractivity contribution in [2.45, 2.75) is 26.8 Å². The lowest BCUT2D eigenvalue weighted by atomic mass is 10.2. The van der Waals surface area contributed by atoms with Crippen LogP contribution in [0.3, 0.4) is 0 Å². The highest BCUT2D eigenvalue weighted by atomic mass is 16.5. The number of imidazole rings is 1. The predicted molar refractivity (Wildman–Crippen MR) is 95.1 cm³/mol. The number of hydrogen-bond acceptors (Lipinski definition) is 7. The molecule has 3 rings (SSSR count). The number of nitrogens with one attached hydrogen (secondary N) is 2. The van der Waals surface area contributed by atoms with Gasteiger partial charge in [0.15, 0.2) is 5.82 Å².